The highest BCUT2D eigenvalue weighted by atomic mass is 79.9. The van der Waals surface area contributed by atoms with E-state index in [1.54, 1.807) is 6.07 Å². The van der Waals surface area contributed by atoms with Gasteiger partial charge in [-0.05, 0) is 36.5 Å². The summed E-state index contributed by atoms with van der Waals surface area (Å²) in [6, 6.07) is 5.60. The molecule has 0 aliphatic carbocycles. The van der Waals surface area contributed by atoms with Crippen molar-refractivity contribution in [2.24, 2.45) is 5.41 Å². The molecule has 106 valence electrons. The number of carbonyl (C=O) groups is 1. The summed E-state index contributed by atoms with van der Waals surface area (Å²) in [7, 11) is 0. The lowest BCUT2D eigenvalue weighted by atomic mass is 9.85. The Bertz CT molecular complexity index is 454. The Balaban J connectivity index is 2.88. The van der Waals surface area contributed by atoms with Crippen molar-refractivity contribution in [1.82, 2.24) is 5.32 Å². The van der Waals surface area contributed by atoms with E-state index < -0.39 is 0 Å². The lowest BCUT2D eigenvalue weighted by molar-refractivity contribution is 0.0901. The van der Waals surface area contributed by atoms with Gasteiger partial charge in [-0.25, -0.2) is 0 Å². The SMILES string of the molecule is Cc1ccc(C(=O)NC(CCBr)C(C)(C)C)c(Cl)c1. The van der Waals surface area contributed by atoms with Crippen molar-refractivity contribution in [2.45, 2.75) is 40.2 Å². The fourth-order valence-electron chi connectivity index (χ4n) is 1.87. The number of halogens is 2. The number of carbonyl (C=O) groups excluding carboxylic acids is 1. The maximum absolute atomic E-state index is 12.3. The van der Waals surface area contributed by atoms with E-state index in [0.29, 0.717) is 10.6 Å². The van der Waals surface area contributed by atoms with Gasteiger partial charge in [0.2, 0.25) is 0 Å². The lowest BCUT2D eigenvalue weighted by Gasteiger charge is -2.31. The fourth-order valence-corrected chi connectivity index (χ4v) is 2.65. The zero-order chi connectivity index (χ0) is 14.6. The van der Waals surface area contributed by atoms with E-state index in [1.165, 1.54) is 0 Å². The molecule has 0 fully saturated rings. The van der Waals surface area contributed by atoms with Crippen LogP contribution in [-0.4, -0.2) is 17.3 Å². The summed E-state index contributed by atoms with van der Waals surface area (Å²) in [6.07, 6.45) is 0.888. The van der Waals surface area contributed by atoms with E-state index in [2.05, 4.69) is 42.0 Å². The summed E-state index contributed by atoms with van der Waals surface area (Å²) >= 11 is 9.56. The third-order valence-electron chi connectivity index (χ3n) is 3.12. The van der Waals surface area contributed by atoms with Gasteiger partial charge in [-0.15, -0.1) is 0 Å². The molecule has 2 nitrogen and oxygen atoms in total. The van der Waals surface area contributed by atoms with Gasteiger partial charge >= 0.3 is 0 Å². The highest BCUT2D eigenvalue weighted by molar-refractivity contribution is 9.09. The summed E-state index contributed by atoms with van der Waals surface area (Å²) in [4.78, 5) is 12.3. The molecule has 0 spiro atoms. The zero-order valence-electron chi connectivity index (χ0n) is 11.9. The summed E-state index contributed by atoms with van der Waals surface area (Å²) in [5.41, 5.74) is 1.60. The number of nitrogens with one attached hydrogen (secondary N) is 1. The van der Waals surface area contributed by atoms with Crippen molar-refractivity contribution in [3.63, 3.8) is 0 Å². The quantitative estimate of drug-likeness (QED) is 0.794. The number of benzene rings is 1. The summed E-state index contributed by atoms with van der Waals surface area (Å²) in [5, 5.41) is 4.44. The number of rotatable bonds is 4. The Kier molecular flexibility index (Phi) is 5.87. The molecule has 19 heavy (non-hydrogen) atoms. The number of alkyl halides is 1. The molecule has 4 heteroatoms. The maximum Gasteiger partial charge on any atom is 0.253 e. The Labute approximate surface area is 129 Å². The highest BCUT2D eigenvalue weighted by Gasteiger charge is 2.26. The minimum atomic E-state index is -0.106. The molecule has 0 aromatic heterocycles. The molecule has 0 bridgehead atoms. The highest BCUT2D eigenvalue weighted by Crippen LogP contribution is 2.24. The summed E-state index contributed by atoms with van der Waals surface area (Å²) in [6.45, 7) is 8.32. The van der Waals surface area contributed by atoms with Crippen molar-refractivity contribution in [2.75, 3.05) is 5.33 Å². The summed E-state index contributed by atoms with van der Waals surface area (Å²) < 4.78 is 0. The van der Waals surface area contributed by atoms with E-state index in [-0.39, 0.29) is 17.4 Å². The largest absolute Gasteiger partial charge is 0.349 e. The van der Waals surface area contributed by atoms with Gasteiger partial charge in [0.25, 0.3) is 5.91 Å². The third-order valence-corrected chi connectivity index (χ3v) is 3.89. The van der Waals surface area contributed by atoms with Crippen LogP contribution in [0.5, 0.6) is 0 Å². The minimum absolute atomic E-state index is 0.0145. The molecule has 1 amide bonds. The number of hydrogen-bond donors (Lipinski definition) is 1. The second-order valence-corrected chi connectivity index (χ2v) is 7.05. The molecule has 1 unspecified atom stereocenters. The Morgan fingerprint density at radius 2 is 2.05 bits per heavy atom. The first kappa shape index (κ1) is 16.5. The van der Waals surface area contributed by atoms with Crippen LogP contribution in [0.2, 0.25) is 5.02 Å². The monoisotopic (exact) mass is 345 g/mol. The van der Waals surface area contributed by atoms with Crippen LogP contribution in [0.4, 0.5) is 0 Å². The van der Waals surface area contributed by atoms with Crippen molar-refractivity contribution >= 4 is 33.4 Å². The summed E-state index contributed by atoms with van der Waals surface area (Å²) in [5.74, 6) is -0.106. The first-order chi connectivity index (χ1) is 8.75. The molecule has 1 N–H and O–H groups in total. The predicted octanol–water partition coefficient (Wildman–Crippen LogP) is 4.58. The molecule has 0 radical (unpaired) electrons. The second-order valence-electron chi connectivity index (χ2n) is 5.85. The van der Waals surface area contributed by atoms with E-state index in [1.807, 2.05) is 19.1 Å². The van der Waals surface area contributed by atoms with Crippen LogP contribution in [0.25, 0.3) is 0 Å². The Morgan fingerprint density at radius 3 is 2.53 bits per heavy atom. The normalized spacial score (nSPS) is 13.2. The van der Waals surface area contributed by atoms with Crippen LogP contribution in [0, 0.1) is 12.3 Å². The molecule has 1 atom stereocenters. The molecule has 0 saturated carbocycles. The molecule has 1 aromatic rings. The van der Waals surface area contributed by atoms with Crippen molar-refractivity contribution in [3.8, 4) is 0 Å². The van der Waals surface area contributed by atoms with E-state index in [0.717, 1.165) is 17.3 Å². The Hall–Kier alpha value is -0.540. The van der Waals surface area contributed by atoms with Gasteiger partial charge in [0.1, 0.15) is 0 Å². The number of hydrogen-bond acceptors (Lipinski definition) is 1. The van der Waals surface area contributed by atoms with E-state index >= 15 is 0 Å². The van der Waals surface area contributed by atoms with Gasteiger partial charge in [0, 0.05) is 11.4 Å². The van der Waals surface area contributed by atoms with Gasteiger partial charge in [-0.2, -0.15) is 0 Å². The fraction of sp³-hybridized carbons (Fsp3) is 0.533. The molecule has 0 aliphatic heterocycles. The van der Waals surface area contributed by atoms with Crippen LogP contribution in [0.1, 0.15) is 43.1 Å². The molecule has 1 aromatic carbocycles. The smallest absolute Gasteiger partial charge is 0.253 e. The third kappa shape index (κ3) is 4.81. The minimum Gasteiger partial charge on any atom is -0.349 e. The van der Waals surface area contributed by atoms with E-state index in [9.17, 15) is 4.79 Å². The van der Waals surface area contributed by atoms with Gasteiger partial charge < -0.3 is 5.32 Å². The van der Waals surface area contributed by atoms with Gasteiger partial charge in [-0.1, -0.05) is 54.4 Å². The predicted molar refractivity (Wildman–Crippen MR) is 85.3 cm³/mol. The molecular weight excluding hydrogens is 326 g/mol. The molecule has 0 saturated heterocycles. The molecule has 0 heterocycles. The topological polar surface area (TPSA) is 29.1 Å². The average molecular weight is 347 g/mol. The molecule has 0 aliphatic rings. The zero-order valence-corrected chi connectivity index (χ0v) is 14.2. The van der Waals surface area contributed by atoms with Gasteiger partial charge in [-0.3, -0.25) is 4.79 Å². The first-order valence-corrected chi connectivity index (χ1v) is 7.88. The number of amides is 1. The maximum atomic E-state index is 12.3. The Morgan fingerprint density at radius 1 is 1.42 bits per heavy atom. The van der Waals surface area contributed by atoms with Crippen LogP contribution >= 0.6 is 27.5 Å². The molecule has 1 rings (SSSR count). The van der Waals surface area contributed by atoms with E-state index in [4.69, 9.17) is 11.6 Å². The first-order valence-electron chi connectivity index (χ1n) is 6.38. The average Bonchev–Trinajstić information content (AvgIpc) is 2.26. The van der Waals surface area contributed by atoms with Crippen molar-refractivity contribution in [3.05, 3.63) is 34.3 Å². The van der Waals surface area contributed by atoms with Crippen LogP contribution in [0.15, 0.2) is 18.2 Å². The van der Waals surface area contributed by atoms with Gasteiger partial charge in [0.15, 0.2) is 0 Å². The van der Waals surface area contributed by atoms with Crippen LogP contribution < -0.4 is 5.32 Å². The lowest BCUT2D eigenvalue weighted by Crippen LogP contribution is -2.44. The molecular formula is C15H21BrClNO. The number of aryl methyl sites for hydroxylation is 1. The van der Waals surface area contributed by atoms with Crippen LogP contribution in [-0.2, 0) is 0 Å². The van der Waals surface area contributed by atoms with Crippen molar-refractivity contribution in [1.29, 1.82) is 0 Å². The second kappa shape index (κ2) is 6.76. The van der Waals surface area contributed by atoms with Gasteiger partial charge in [0.05, 0.1) is 10.6 Å². The van der Waals surface area contributed by atoms with Crippen LogP contribution in [0.3, 0.4) is 0 Å². The standard InChI is InChI=1S/C15H21BrClNO/c1-10-5-6-11(12(17)9-10)14(19)18-13(7-8-16)15(2,3)4/h5-6,9,13H,7-8H2,1-4H3,(H,18,19). The van der Waals surface area contributed by atoms with Crippen molar-refractivity contribution < 1.29 is 4.79 Å².